The van der Waals surface area contributed by atoms with E-state index in [1.807, 2.05) is 42.5 Å². The molecule has 123 valence electrons. The van der Waals surface area contributed by atoms with Crippen LogP contribution in [0.3, 0.4) is 0 Å². The van der Waals surface area contributed by atoms with Gasteiger partial charge in [-0.1, -0.05) is 74.9 Å². The number of alkyl halides is 3. The van der Waals surface area contributed by atoms with Gasteiger partial charge >= 0.3 is 6.18 Å². The molecule has 1 radical (unpaired) electrons. The first kappa shape index (κ1) is 17.6. The van der Waals surface area contributed by atoms with Crippen molar-refractivity contribution < 1.29 is 13.2 Å². The Kier molecular flexibility index (Phi) is 5.86. The molecule has 0 aliphatic carbocycles. The SMILES string of the molecule is CCC(C)[C](Cc1ccccc1)c1ccccc1CC(F)(F)F. The second-order valence-electron chi connectivity index (χ2n) is 5.95. The monoisotopic (exact) mass is 319 g/mol. The Morgan fingerprint density at radius 3 is 2.17 bits per heavy atom. The maximum absolute atomic E-state index is 12.9. The number of benzene rings is 2. The van der Waals surface area contributed by atoms with Crippen molar-refractivity contribution in [2.24, 2.45) is 5.92 Å². The molecule has 0 nitrogen and oxygen atoms in total. The van der Waals surface area contributed by atoms with Crippen molar-refractivity contribution in [1.29, 1.82) is 0 Å². The predicted octanol–water partition coefficient (Wildman–Crippen LogP) is 6.00. The summed E-state index contributed by atoms with van der Waals surface area (Å²) >= 11 is 0. The molecule has 0 saturated carbocycles. The van der Waals surface area contributed by atoms with E-state index in [1.165, 1.54) is 0 Å². The Bertz CT molecular complexity index is 602. The summed E-state index contributed by atoms with van der Waals surface area (Å²) in [5, 5.41) is 0. The second kappa shape index (κ2) is 7.67. The average Bonchev–Trinajstić information content (AvgIpc) is 2.52. The van der Waals surface area contributed by atoms with Crippen LogP contribution in [-0.2, 0) is 12.8 Å². The summed E-state index contributed by atoms with van der Waals surface area (Å²) in [5.41, 5.74) is 2.25. The smallest absolute Gasteiger partial charge is 0.171 e. The lowest BCUT2D eigenvalue weighted by molar-refractivity contribution is -0.127. The van der Waals surface area contributed by atoms with E-state index < -0.39 is 12.6 Å². The fraction of sp³-hybridized carbons (Fsp3) is 0.350. The third-order valence-electron chi connectivity index (χ3n) is 4.20. The first-order chi connectivity index (χ1) is 10.9. The Labute approximate surface area is 136 Å². The van der Waals surface area contributed by atoms with Crippen molar-refractivity contribution in [2.45, 2.75) is 39.3 Å². The third kappa shape index (κ3) is 5.12. The number of hydrogen-bond acceptors (Lipinski definition) is 0. The number of rotatable bonds is 6. The van der Waals surface area contributed by atoms with Crippen LogP contribution in [0.2, 0.25) is 0 Å². The molecule has 2 rings (SSSR count). The molecule has 2 aromatic rings. The molecule has 0 N–H and O–H groups in total. The minimum atomic E-state index is -4.19. The van der Waals surface area contributed by atoms with Crippen LogP contribution in [0.15, 0.2) is 54.6 Å². The standard InChI is InChI=1S/C20H22F3/c1-3-15(2)19(13-16-9-5-4-6-10-16)18-12-8-7-11-17(18)14-20(21,22)23/h4-12,15H,3,13-14H2,1-2H3. The van der Waals surface area contributed by atoms with E-state index in [2.05, 4.69) is 13.8 Å². The van der Waals surface area contributed by atoms with Crippen molar-refractivity contribution in [2.75, 3.05) is 0 Å². The molecule has 3 heteroatoms. The quantitative estimate of drug-likeness (QED) is 0.612. The maximum Gasteiger partial charge on any atom is 0.393 e. The second-order valence-corrected chi connectivity index (χ2v) is 5.95. The van der Waals surface area contributed by atoms with Gasteiger partial charge in [0.05, 0.1) is 6.42 Å². The molecule has 0 spiro atoms. The van der Waals surface area contributed by atoms with Crippen molar-refractivity contribution >= 4 is 0 Å². The molecule has 23 heavy (non-hydrogen) atoms. The summed E-state index contributed by atoms with van der Waals surface area (Å²) < 4.78 is 38.7. The van der Waals surface area contributed by atoms with Gasteiger partial charge in [0.1, 0.15) is 0 Å². The van der Waals surface area contributed by atoms with E-state index in [1.54, 1.807) is 12.1 Å². The lowest BCUT2D eigenvalue weighted by Crippen LogP contribution is -2.19. The van der Waals surface area contributed by atoms with Gasteiger partial charge in [-0.3, -0.25) is 0 Å². The molecule has 2 aromatic carbocycles. The van der Waals surface area contributed by atoms with Crippen LogP contribution in [0, 0.1) is 11.8 Å². The molecule has 0 aliphatic rings. The molecular weight excluding hydrogens is 297 g/mol. The van der Waals surface area contributed by atoms with Crippen LogP contribution in [-0.4, -0.2) is 6.18 Å². The van der Waals surface area contributed by atoms with Crippen molar-refractivity contribution in [1.82, 2.24) is 0 Å². The Hall–Kier alpha value is -1.77. The van der Waals surface area contributed by atoms with Gasteiger partial charge in [-0.05, 0) is 29.0 Å². The van der Waals surface area contributed by atoms with E-state index in [9.17, 15) is 13.2 Å². The van der Waals surface area contributed by atoms with Crippen molar-refractivity contribution in [3.05, 3.63) is 77.2 Å². The molecule has 0 amide bonds. The maximum atomic E-state index is 12.9. The van der Waals surface area contributed by atoms with Crippen molar-refractivity contribution in [3.63, 3.8) is 0 Å². The summed E-state index contributed by atoms with van der Waals surface area (Å²) in [7, 11) is 0. The largest absolute Gasteiger partial charge is 0.393 e. The first-order valence-corrected chi connectivity index (χ1v) is 7.95. The van der Waals surface area contributed by atoms with E-state index in [0.717, 1.165) is 23.5 Å². The van der Waals surface area contributed by atoms with E-state index in [-0.39, 0.29) is 5.92 Å². The minimum Gasteiger partial charge on any atom is -0.171 e. The van der Waals surface area contributed by atoms with Gasteiger partial charge in [0.2, 0.25) is 0 Å². The normalized spacial score (nSPS) is 13.3. The number of hydrogen-bond donors (Lipinski definition) is 0. The summed E-state index contributed by atoms with van der Waals surface area (Å²) in [6.45, 7) is 4.16. The number of halogens is 3. The van der Waals surface area contributed by atoms with Crippen LogP contribution < -0.4 is 0 Å². The molecule has 1 unspecified atom stereocenters. The van der Waals surface area contributed by atoms with E-state index in [0.29, 0.717) is 12.0 Å². The lowest BCUT2D eigenvalue weighted by Gasteiger charge is -2.26. The van der Waals surface area contributed by atoms with Crippen LogP contribution in [0.5, 0.6) is 0 Å². The molecule has 0 heterocycles. The molecule has 1 atom stereocenters. The molecular formula is C20H22F3. The molecule has 0 saturated heterocycles. The summed E-state index contributed by atoms with van der Waals surface area (Å²) in [6, 6.07) is 16.8. The highest BCUT2D eigenvalue weighted by Gasteiger charge is 2.31. The van der Waals surface area contributed by atoms with Crippen LogP contribution in [0.25, 0.3) is 0 Å². The Balaban J connectivity index is 2.36. The minimum absolute atomic E-state index is 0.240. The fourth-order valence-electron chi connectivity index (χ4n) is 2.80. The van der Waals surface area contributed by atoms with Gasteiger partial charge in [-0.15, -0.1) is 0 Å². The van der Waals surface area contributed by atoms with Gasteiger partial charge in [0.15, 0.2) is 0 Å². The highest BCUT2D eigenvalue weighted by Crippen LogP contribution is 2.34. The van der Waals surface area contributed by atoms with Crippen LogP contribution >= 0.6 is 0 Å². The van der Waals surface area contributed by atoms with Crippen LogP contribution in [0.4, 0.5) is 13.2 Å². The fourth-order valence-corrected chi connectivity index (χ4v) is 2.80. The summed E-state index contributed by atoms with van der Waals surface area (Å²) in [6.07, 6.45) is -3.48. The van der Waals surface area contributed by atoms with Gasteiger partial charge in [-0.25, -0.2) is 0 Å². The zero-order valence-electron chi connectivity index (χ0n) is 13.5. The Morgan fingerprint density at radius 1 is 0.957 bits per heavy atom. The summed E-state index contributed by atoms with van der Waals surface area (Å²) in [4.78, 5) is 0. The predicted molar refractivity (Wildman–Crippen MR) is 88.1 cm³/mol. The summed E-state index contributed by atoms with van der Waals surface area (Å²) in [5.74, 6) is 1.32. The highest BCUT2D eigenvalue weighted by atomic mass is 19.4. The first-order valence-electron chi connectivity index (χ1n) is 7.95. The van der Waals surface area contributed by atoms with E-state index in [4.69, 9.17) is 0 Å². The zero-order valence-corrected chi connectivity index (χ0v) is 13.5. The lowest BCUT2D eigenvalue weighted by atomic mass is 9.79. The highest BCUT2D eigenvalue weighted by molar-refractivity contribution is 5.42. The average molecular weight is 319 g/mol. The van der Waals surface area contributed by atoms with Crippen molar-refractivity contribution in [3.8, 4) is 0 Å². The van der Waals surface area contributed by atoms with Gasteiger partial charge in [0, 0.05) is 5.92 Å². The van der Waals surface area contributed by atoms with E-state index >= 15 is 0 Å². The van der Waals surface area contributed by atoms with Gasteiger partial charge < -0.3 is 0 Å². The Morgan fingerprint density at radius 2 is 1.57 bits per heavy atom. The molecule has 0 aliphatic heterocycles. The molecule has 0 aromatic heterocycles. The van der Waals surface area contributed by atoms with Gasteiger partial charge in [-0.2, -0.15) is 13.2 Å². The van der Waals surface area contributed by atoms with Gasteiger partial charge in [0.25, 0.3) is 0 Å². The topological polar surface area (TPSA) is 0 Å². The van der Waals surface area contributed by atoms with Crippen LogP contribution in [0.1, 0.15) is 37.0 Å². The zero-order chi connectivity index (χ0) is 16.9. The molecule has 0 bridgehead atoms. The third-order valence-corrected chi connectivity index (χ3v) is 4.20. The molecule has 0 fully saturated rings.